The highest BCUT2D eigenvalue weighted by atomic mass is 32.2. The largest absolute Gasteiger partial charge is 0.365 e. The lowest BCUT2D eigenvalue weighted by Gasteiger charge is -2.51. The maximum atomic E-state index is 14.5. The second-order valence-electron chi connectivity index (χ2n) is 7.37. The fourth-order valence-corrected chi connectivity index (χ4v) is 4.19. The van der Waals surface area contributed by atoms with E-state index in [0.717, 1.165) is 25.5 Å². The second kappa shape index (κ2) is 7.47. The molecule has 0 unspecified atom stereocenters. The van der Waals surface area contributed by atoms with E-state index in [1.165, 1.54) is 24.3 Å². The molecule has 4 rings (SSSR count). The van der Waals surface area contributed by atoms with Crippen LogP contribution in [0.25, 0.3) is 0 Å². The number of morpholine rings is 1. The zero-order valence-corrected chi connectivity index (χ0v) is 16.3. The Labute approximate surface area is 167 Å². The van der Waals surface area contributed by atoms with Gasteiger partial charge in [0, 0.05) is 18.8 Å². The number of benzene rings is 1. The van der Waals surface area contributed by atoms with Gasteiger partial charge in [-0.1, -0.05) is 0 Å². The number of rotatable bonds is 5. The van der Waals surface area contributed by atoms with Gasteiger partial charge in [0.1, 0.15) is 12.8 Å². The Hall–Kier alpha value is -2.37. The summed E-state index contributed by atoms with van der Waals surface area (Å²) >= 11 is 0. The lowest BCUT2D eigenvalue weighted by molar-refractivity contribution is -0.152. The Morgan fingerprint density at radius 3 is 2.62 bits per heavy atom. The lowest BCUT2D eigenvalue weighted by Crippen LogP contribution is -2.60. The SMILES string of the molecule is NS(=O)(=O)c1ccc(Nc2ncc(F)c(N3C[C@H](CF)OC4(CCC4)C3)n2)cc1. The Bertz CT molecular complexity index is 999. The smallest absolute Gasteiger partial charge is 0.238 e. The number of alkyl halides is 1. The number of hydrogen-bond donors (Lipinski definition) is 2. The number of sulfonamides is 1. The van der Waals surface area contributed by atoms with Crippen LogP contribution in [0.4, 0.5) is 26.2 Å². The van der Waals surface area contributed by atoms with Crippen molar-refractivity contribution in [3.63, 3.8) is 0 Å². The molecule has 156 valence electrons. The quantitative estimate of drug-likeness (QED) is 0.755. The predicted molar refractivity (Wildman–Crippen MR) is 103 cm³/mol. The topological polar surface area (TPSA) is 110 Å². The van der Waals surface area contributed by atoms with Crippen LogP contribution in [-0.2, 0) is 14.8 Å². The molecule has 0 bridgehead atoms. The van der Waals surface area contributed by atoms with Crippen molar-refractivity contribution < 1.29 is 21.9 Å². The summed E-state index contributed by atoms with van der Waals surface area (Å²) in [6, 6.07) is 5.69. The summed E-state index contributed by atoms with van der Waals surface area (Å²) in [7, 11) is -3.79. The molecule has 2 fully saturated rings. The summed E-state index contributed by atoms with van der Waals surface area (Å²) < 4.78 is 56.3. The summed E-state index contributed by atoms with van der Waals surface area (Å²) in [6.07, 6.45) is 3.06. The average Bonchev–Trinajstić information content (AvgIpc) is 2.67. The monoisotopic (exact) mass is 425 g/mol. The molecular weight excluding hydrogens is 404 g/mol. The van der Waals surface area contributed by atoms with Crippen LogP contribution in [0.1, 0.15) is 19.3 Å². The number of primary sulfonamides is 1. The molecule has 2 aliphatic rings. The van der Waals surface area contributed by atoms with Crippen molar-refractivity contribution >= 4 is 27.5 Å². The highest BCUT2D eigenvalue weighted by molar-refractivity contribution is 7.89. The first kappa shape index (κ1) is 19.9. The van der Waals surface area contributed by atoms with E-state index in [1.807, 2.05) is 0 Å². The van der Waals surface area contributed by atoms with Crippen molar-refractivity contribution in [3.8, 4) is 0 Å². The molecule has 1 saturated heterocycles. The molecule has 1 spiro atoms. The van der Waals surface area contributed by atoms with Crippen molar-refractivity contribution in [2.45, 2.75) is 35.9 Å². The first-order valence-electron chi connectivity index (χ1n) is 9.19. The number of halogens is 2. The zero-order valence-electron chi connectivity index (χ0n) is 15.5. The van der Waals surface area contributed by atoms with Gasteiger partial charge in [0.2, 0.25) is 16.0 Å². The number of hydrogen-bond acceptors (Lipinski definition) is 7. The van der Waals surface area contributed by atoms with Crippen LogP contribution in [0.3, 0.4) is 0 Å². The Balaban J connectivity index is 1.56. The van der Waals surface area contributed by atoms with Gasteiger partial charge < -0.3 is 15.0 Å². The van der Waals surface area contributed by atoms with E-state index in [4.69, 9.17) is 9.88 Å². The minimum absolute atomic E-state index is 0.0276. The number of anilines is 3. The second-order valence-corrected chi connectivity index (χ2v) is 8.93. The summed E-state index contributed by atoms with van der Waals surface area (Å²) in [5.41, 5.74) is 0.0674. The summed E-state index contributed by atoms with van der Waals surface area (Å²) in [4.78, 5) is 9.88. The standard InChI is InChI=1S/C18H21F2N5O3S/c19-8-13-10-25(11-18(28-13)6-1-7-18)16-15(20)9-22-17(24-16)23-12-2-4-14(5-3-12)29(21,26)27/h2-5,9,13H,1,6-8,10-11H2,(H2,21,26,27)(H,22,23,24)/t13-/m0/s1. The molecule has 1 aromatic heterocycles. The maximum absolute atomic E-state index is 14.5. The van der Waals surface area contributed by atoms with E-state index < -0.39 is 34.2 Å². The summed E-state index contributed by atoms with van der Waals surface area (Å²) in [6.45, 7) is 0.00106. The molecule has 1 atom stereocenters. The number of ether oxygens (including phenoxy) is 1. The van der Waals surface area contributed by atoms with Crippen LogP contribution in [0, 0.1) is 5.82 Å². The van der Waals surface area contributed by atoms with Gasteiger partial charge in [-0.15, -0.1) is 0 Å². The molecule has 1 aliphatic carbocycles. The van der Waals surface area contributed by atoms with Crippen molar-refractivity contribution in [2.24, 2.45) is 5.14 Å². The zero-order chi connectivity index (χ0) is 20.6. The van der Waals surface area contributed by atoms with Gasteiger partial charge in [0.25, 0.3) is 0 Å². The Kier molecular flexibility index (Phi) is 5.13. The predicted octanol–water partition coefficient (Wildman–Crippen LogP) is 2.10. The molecule has 0 radical (unpaired) electrons. The van der Waals surface area contributed by atoms with Gasteiger partial charge in [-0.3, -0.25) is 0 Å². The van der Waals surface area contributed by atoms with Crippen LogP contribution in [-0.4, -0.2) is 49.9 Å². The molecule has 8 nitrogen and oxygen atoms in total. The number of nitrogens with zero attached hydrogens (tertiary/aromatic N) is 3. The fraction of sp³-hybridized carbons (Fsp3) is 0.444. The molecule has 3 N–H and O–H groups in total. The van der Waals surface area contributed by atoms with Crippen molar-refractivity contribution in [3.05, 3.63) is 36.3 Å². The Morgan fingerprint density at radius 1 is 1.31 bits per heavy atom. The first-order valence-corrected chi connectivity index (χ1v) is 10.7. The van der Waals surface area contributed by atoms with Crippen LogP contribution in [0.15, 0.2) is 35.4 Å². The number of nitrogens with one attached hydrogen (secondary N) is 1. The van der Waals surface area contributed by atoms with Crippen molar-refractivity contribution in [2.75, 3.05) is 30.0 Å². The number of nitrogens with two attached hydrogens (primary N) is 1. The van der Waals surface area contributed by atoms with Gasteiger partial charge >= 0.3 is 0 Å². The van der Waals surface area contributed by atoms with Crippen LogP contribution in [0.5, 0.6) is 0 Å². The fourth-order valence-electron chi connectivity index (χ4n) is 3.67. The highest BCUT2D eigenvalue weighted by Gasteiger charge is 2.46. The van der Waals surface area contributed by atoms with Gasteiger partial charge in [0.15, 0.2) is 11.6 Å². The van der Waals surface area contributed by atoms with Crippen molar-refractivity contribution in [1.82, 2.24) is 9.97 Å². The number of aromatic nitrogens is 2. The molecule has 1 aliphatic heterocycles. The third-order valence-electron chi connectivity index (χ3n) is 5.22. The van der Waals surface area contributed by atoms with E-state index in [2.05, 4.69) is 15.3 Å². The van der Waals surface area contributed by atoms with Crippen LogP contribution >= 0.6 is 0 Å². The van der Waals surface area contributed by atoms with Crippen molar-refractivity contribution in [1.29, 1.82) is 0 Å². The molecular formula is C18H21F2N5O3S. The molecule has 29 heavy (non-hydrogen) atoms. The van der Waals surface area contributed by atoms with Gasteiger partial charge in [-0.2, -0.15) is 4.98 Å². The van der Waals surface area contributed by atoms with E-state index in [-0.39, 0.29) is 23.2 Å². The Morgan fingerprint density at radius 2 is 2.03 bits per heavy atom. The summed E-state index contributed by atoms with van der Waals surface area (Å²) in [5.74, 6) is -0.388. The minimum atomic E-state index is -3.79. The lowest BCUT2D eigenvalue weighted by atomic mass is 9.78. The van der Waals surface area contributed by atoms with E-state index >= 15 is 0 Å². The third kappa shape index (κ3) is 4.16. The first-order chi connectivity index (χ1) is 13.8. The average molecular weight is 425 g/mol. The van der Waals surface area contributed by atoms with E-state index in [9.17, 15) is 17.2 Å². The molecule has 2 aromatic rings. The third-order valence-corrected chi connectivity index (χ3v) is 6.15. The normalized spacial score (nSPS) is 21.1. The molecule has 1 aromatic carbocycles. The highest BCUT2D eigenvalue weighted by Crippen LogP contribution is 2.41. The van der Waals surface area contributed by atoms with E-state index in [0.29, 0.717) is 12.2 Å². The van der Waals surface area contributed by atoms with Gasteiger partial charge in [-0.25, -0.2) is 27.3 Å². The molecule has 1 saturated carbocycles. The summed E-state index contributed by atoms with van der Waals surface area (Å²) in [5, 5.41) is 7.99. The van der Waals surface area contributed by atoms with Crippen LogP contribution in [0.2, 0.25) is 0 Å². The minimum Gasteiger partial charge on any atom is -0.365 e. The molecule has 2 heterocycles. The van der Waals surface area contributed by atoms with Gasteiger partial charge in [-0.05, 0) is 43.5 Å². The van der Waals surface area contributed by atoms with E-state index in [1.54, 1.807) is 4.90 Å². The molecule has 11 heteroatoms. The van der Waals surface area contributed by atoms with Crippen LogP contribution < -0.4 is 15.4 Å². The maximum Gasteiger partial charge on any atom is 0.238 e. The molecule has 0 amide bonds. The van der Waals surface area contributed by atoms with Gasteiger partial charge in [0.05, 0.1) is 16.7 Å².